The average Bonchev–Trinajstić information content (AvgIpc) is 2.02. The molecule has 0 unspecified atom stereocenters. The SMILES string of the molecule is CC/C(C)=C(/C)N=CC=C(C)C. The molecule has 0 N–H and O–H groups in total. The van der Waals surface area contributed by atoms with Crippen LogP contribution in [0.3, 0.4) is 0 Å². The van der Waals surface area contributed by atoms with Crippen molar-refractivity contribution in [1.29, 1.82) is 0 Å². The second-order valence-corrected chi connectivity index (χ2v) is 3.24. The third-order valence-corrected chi connectivity index (χ3v) is 1.82. The number of rotatable bonds is 3. The molecule has 12 heavy (non-hydrogen) atoms. The van der Waals surface area contributed by atoms with E-state index in [1.54, 1.807) is 0 Å². The van der Waals surface area contributed by atoms with Gasteiger partial charge < -0.3 is 0 Å². The lowest BCUT2D eigenvalue weighted by molar-refractivity contribution is 1.04. The van der Waals surface area contributed by atoms with E-state index in [1.165, 1.54) is 11.1 Å². The van der Waals surface area contributed by atoms with Crippen molar-refractivity contribution in [2.45, 2.75) is 41.0 Å². The molecule has 1 heteroatoms. The van der Waals surface area contributed by atoms with Crippen LogP contribution in [0.25, 0.3) is 0 Å². The molecular formula is C11H19N. The number of aliphatic imine (C=N–C) groups is 1. The van der Waals surface area contributed by atoms with Crippen molar-refractivity contribution in [1.82, 2.24) is 0 Å². The number of allylic oxidation sites excluding steroid dienone is 4. The first kappa shape index (κ1) is 11.2. The zero-order valence-electron chi connectivity index (χ0n) is 8.81. The first-order valence-electron chi connectivity index (χ1n) is 4.41. The maximum Gasteiger partial charge on any atom is 0.0361 e. The van der Waals surface area contributed by atoms with E-state index < -0.39 is 0 Å². The highest BCUT2D eigenvalue weighted by Crippen LogP contribution is 2.07. The minimum Gasteiger partial charge on any atom is -0.262 e. The maximum absolute atomic E-state index is 4.31. The number of nitrogens with zero attached hydrogens (tertiary/aromatic N) is 1. The molecule has 0 bridgehead atoms. The fourth-order valence-electron chi connectivity index (χ4n) is 0.664. The highest BCUT2D eigenvalue weighted by Gasteiger charge is 1.88. The zero-order chi connectivity index (χ0) is 9.56. The molecule has 0 aromatic rings. The van der Waals surface area contributed by atoms with Gasteiger partial charge in [0.1, 0.15) is 0 Å². The first-order valence-corrected chi connectivity index (χ1v) is 4.41. The van der Waals surface area contributed by atoms with Gasteiger partial charge in [0.15, 0.2) is 0 Å². The molecular weight excluding hydrogens is 146 g/mol. The summed E-state index contributed by atoms with van der Waals surface area (Å²) in [6.07, 6.45) is 4.97. The van der Waals surface area contributed by atoms with Gasteiger partial charge in [-0.05, 0) is 40.2 Å². The fourth-order valence-corrected chi connectivity index (χ4v) is 0.664. The standard InChI is InChI=1S/C11H19N/c1-6-10(4)11(5)12-8-7-9(2)3/h7-8H,6H2,1-5H3/b11-10-,12-8?. The Bertz CT molecular complexity index is 215. The molecule has 68 valence electrons. The molecule has 0 saturated heterocycles. The number of hydrogen-bond donors (Lipinski definition) is 0. The van der Waals surface area contributed by atoms with Crippen LogP contribution in [0.4, 0.5) is 0 Å². The van der Waals surface area contributed by atoms with Crippen LogP contribution in [-0.2, 0) is 0 Å². The van der Waals surface area contributed by atoms with Gasteiger partial charge in [-0.15, -0.1) is 0 Å². The van der Waals surface area contributed by atoms with Crippen molar-refractivity contribution >= 4 is 6.21 Å². The van der Waals surface area contributed by atoms with E-state index in [2.05, 4.69) is 32.7 Å². The highest BCUT2D eigenvalue weighted by atomic mass is 14.7. The van der Waals surface area contributed by atoms with Gasteiger partial charge in [-0.2, -0.15) is 0 Å². The molecule has 0 atom stereocenters. The van der Waals surface area contributed by atoms with Gasteiger partial charge in [-0.1, -0.05) is 18.1 Å². The fraction of sp³-hybridized carbons (Fsp3) is 0.545. The second-order valence-electron chi connectivity index (χ2n) is 3.24. The second kappa shape index (κ2) is 5.76. The van der Waals surface area contributed by atoms with Crippen molar-refractivity contribution in [2.24, 2.45) is 4.99 Å². The lowest BCUT2D eigenvalue weighted by Gasteiger charge is -1.97. The van der Waals surface area contributed by atoms with Crippen LogP contribution in [0.15, 0.2) is 27.9 Å². The first-order chi connectivity index (χ1) is 5.57. The molecule has 0 aliphatic carbocycles. The third-order valence-electron chi connectivity index (χ3n) is 1.82. The molecule has 0 spiro atoms. The lowest BCUT2D eigenvalue weighted by Crippen LogP contribution is -1.79. The summed E-state index contributed by atoms with van der Waals surface area (Å²) >= 11 is 0. The van der Waals surface area contributed by atoms with Crippen LogP contribution in [0.5, 0.6) is 0 Å². The van der Waals surface area contributed by atoms with Crippen LogP contribution < -0.4 is 0 Å². The van der Waals surface area contributed by atoms with Gasteiger partial charge in [-0.25, -0.2) is 0 Å². The van der Waals surface area contributed by atoms with Crippen molar-refractivity contribution < 1.29 is 0 Å². The van der Waals surface area contributed by atoms with Crippen molar-refractivity contribution in [3.63, 3.8) is 0 Å². The van der Waals surface area contributed by atoms with Gasteiger partial charge >= 0.3 is 0 Å². The molecule has 0 aromatic heterocycles. The van der Waals surface area contributed by atoms with Gasteiger partial charge in [0.25, 0.3) is 0 Å². The smallest absolute Gasteiger partial charge is 0.0361 e. The summed E-state index contributed by atoms with van der Waals surface area (Å²) in [5, 5.41) is 0. The quantitative estimate of drug-likeness (QED) is 0.565. The average molecular weight is 165 g/mol. The summed E-state index contributed by atoms with van der Waals surface area (Å²) in [4.78, 5) is 4.31. The molecule has 0 saturated carbocycles. The molecule has 0 heterocycles. The van der Waals surface area contributed by atoms with E-state index in [0.717, 1.165) is 12.1 Å². The molecule has 0 aromatic carbocycles. The van der Waals surface area contributed by atoms with Crippen molar-refractivity contribution in [3.8, 4) is 0 Å². The van der Waals surface area contributed by atoms with Crippen molar-refractivity contribution in [3.05, 3.63) is 22.9 Å². The van der Waals surface area contributed by atoms with E-state index in [9.17, 15) is 0 Å². The van der Waals surface area contributed by atoms with Crippen LogP contribution in [0.1, 0.15) is 41.0 Å². The van der Waals surface area contributed by atoms with Gasteiger partial charge in [-0.3, -0.25) is 4.99 Å². The molecule has 0 rings (SSSR count). The monoisotopic (exact) mass is 165 g/mol. The summed E-state index contributed by atoms with van der Waals surface area (Å²) in [6.45, 7) is 10.5. The van der Waals surface area contributed by atoms with Gasteiger partial charge in [0.2, 0.25) is 0 Å². The molecule has 1 nitrogen and oxygen atoms in total. The minimum absolute atomic E-state index is 1.08. The largest absolute Gasteiger partial charge is 0.262 e. The third kappa shape index (κ3) is 4.89. The highest BCUT2D eigenvalue weighted by molar-refractivity contribution is 5.72. The number of hydrogen-bond acceptors (Lipinski definition) is 1. The molecule has 0 aliphatic rings. The van der Waals surface area contributed by atoms with Crippen LogP contribution in [-0.4, -0.2) is 6.21 Å². The van der Waals surface area contributed by atoms with Gasteiger partial charge in [0, 0.05) is 11.9 Å². The Morgan fingerprint density at radius 1 is 1.17 bits per heavy atom. The Hall–Kier alpha value is -0.850. The van der Waals surface area contributed by atoms with Crippen molar-refractivity contribution in [2.75, 3.05) is 0 Å². The van der Waals surface area contributed by atoms with E-state index >= 15 is 0 Å². The van der Waals surface area contributed by atoms with Gasteiger partial charge in [0.05, 0.1) is 0 Å². The summed E-state index contributed by atoms with van der Waals surface area (Å²) in [5.74, 6) is 0. The zero-order valence-corrected chi connectivity index (χ0v) is 8.81. The molecule has 0 radical (unpaired) electrons. The van der Waals surface area contributed by atoms with E-state index in [-0.39, 0.29) is 0 Å². The topological polar surface area (TPSA) is 12.4 Å². The molecule has 0 fully saturated rings. The Kier molecular flexibility index (Phi) is 5.35. The van der Waals surface area contributed by atoms with E-state index in [4.69, 9.17) is 0 Å². The lowest BCUT2D eigenvalue weighted by atomic mass is 10.2. The Morgan fingerprint density at radius 2 is 1.75 bits per heavy atom. The predicted molar refractivity (Wildman–Crippen MR) is 56.6 cm³/mol. The Morgan fingerprint density at radius 3 is 2.17 bits per heavy atom. The van der Waals surface area contributed by atoms with E-state index in [0.29, 0.717) is 0 Å². The van der Waals surface area contributed by atoms with E-state index in [1.807, 2.05) is 19.2 Å². The van der Waals surface area contributed by atoms with Crippen LogP contribution >= 0.6 is 0 Å². The summed E-state index contributed by atoms with van der Waals surface area (Å²) in [5.41, 5.74) is 3.77. The summed E-state index contributed by atoms with van der Waals surface area (Å²) in [6, 6.07) is 0. The molecule has 0 aliphatic heterocycles. The Balaban J connectivity index is 4.27. The summed E-state index contributed by atoms with van der Waals surface area (Å²) in [7, 11) is 0. The molecule has 0 amide bonds. The van der Waals surface area contributed by atoms with Crippen LogP contribution in [0.2, 0.25) is 0 Å². The minimum atomic E-state index is 1.08. The maximum atomic E-state index is 4.31. The van der Waals surface area contributed by atoms with Crippen LogP contribution in [0, 0.1) is 0 Å². The Labute approximate surface area is 75.9 Å². The summed E-state index contributed by atoms with van der Waals surface area (Å²) < 4.78 is 0. The predicted octanol–water partition coefficient (Wildman–Crippen LogP) is 3.73. The normalized spacial score (nSPS) is 13.1.